The molecule has 82 valence electrons. The predicted molar refractivity (Wildman–Crippen MR) is 60.6 cm³/mol. The highest BCUT2D eigenvalue weighted by atomic mass is 19.1. The minimum absolute atomic E-state index is 0.302. The summed E-state index contributed by atoms with van der Waals surface area (Å²) in [6.07, 6.45) is 5.88. The van der Waals surface area contributed by atoms with Gasteiger partial charge in [-0.2, -0.15) is 0 Å². The van der Waals surface area contributed by atoms with Gasteiger partial charge in [-0.15, -0.1) is 0 Å². The van der Waals surface area contributed by atoms with Crippen LogP contribution in [0.15, 0.2) is 42.9 Å². The first-order valence-electron chi connectivity index (χ1n) is 5.09. The van der Waals surface area contributed by atoms with Crippen molar-refractivity contribution in [3.8, 4) is 0 Å². The average molecular weight is 217 g/mol. The number of hydrogen-bond acceptors (Lipinski definition) is 3. The molecule has 0 spiro atoms. The fourth-order valence-corrected chi connectivity index (χ4v) is 1.39. The topological polar surface area (TPSA) is 37.8 Å². The van der Waals surface area contributed by atoms with E-state index in [2.05, 4.69) is 15.3 Å². The third-order valence-electron chi connectivity index (χ3n) is 2.21. The zero-order valence-electron chi connectivity index (χ0n) is 8.73. The molecule has 4 heteroatoms. The van der Waals surface area contributed by atoms with Gasteiger partial charge in [-0.3, -0.25) is 4.98 Å². The molecule has 2 rings (SSSR count). The predicted octanol–water partition coefficient (Wildman–Crippen LogP) is 2.27. The summed E-state index contributed by atoms with van der Waals surface area (Å²) in [5, 5.41) is 2.95. The van der Waals surface area contributed by atoms with Gasteiger partial charge >= 0.3 is 0 Å². The standard InChI is InChI=1S/C12H12FN3/c13-11-2-1-6-15-12(11)16-9-5-10-3-7-14-8-4-10/h1-4,6-8H,5,9H2,(H,15,16). The van der Waals surface area contributed by atoms with E-state index in [1.165, 1.54) is 11.6 Å². The number of nitrogens with one attached hydrogen (secondary N) is 1. The van der Waals surface area contributed by atoms with Crippen LogP contribution in [0.25, 0.3) is 0 Å². The molecular weight excluding hydrogens is 205 g/mol. The number of anilines is 1. The average Bonchev–Trinajstić information content (AvgIpc) is 2.33. The minimum atomic E-state index is -0.322. The monoisotopic (exact) mass is 217 g/mol. The van der Waals surface area contributed by atoms with E-state index in [1.807, 2.05) is 12.1 Å². The van der Waals surface area contributed by atoms with Crippen LogP contribution in [0.5, 0.6) is 0 Å². The summed E-state index contributed by atoms with van der Waals surface area (Å²) in [5.41, 5.74) is 1.17. The van der Waals surface area contributed by atoms with Gasteiger partial charge in [0.1, 0.15) is 0 Å². The van der Waals surface area contributed by atoms with Crippen LogP contribution in [-0.4, -0.2) is 16.5 Å². The number of rotatable bonds is 4. The lowest BCUT2D eigenvalue weighted by molar-refractivity contribution is 0.624. The molecule has 1 N–H and O–H groups in total. The van der Waals surface area contributed by atoms with E-state index < -0.39 is 0 Å². The van der Waals surface area contributed by atoms with Crippen LogP contribution in [-0.2, 0) is 6.42 Å². The Bertz CT molecular complexity index is 445. The Morgan fingerprint density at radius 1 is 1.12 bits per heavy atom. The van der Waals surface area contributed by atoms with E-state index in [9.17, 15) is 4.39 Å². The summed E-state index contributed by atoms with van der Waals surface area (Å²) >= 11 is 0. The van der Waals surface area contributed by atoms with Crippen molar-refractivity contribution in [3.63, 3.8) is 0 Å². The first-order chi connectivity index (χ1) is 7.86. The lowest BCUT2D eigenvalue weighted by Crippen LogP contribution is -2.07. The Hall–Kier alpha value is -1.97. The summed E-state index contributed by atoms with van der Waals surface area (Å²) < 4.78 is 13.2. The third kappa shape index (κ3) is 2.76. The Labute approximate surface area is 93.4 Å². The van der Waals surface area contributed by atoms with E-state index in [0.717, 1.165) is 6.42 Å². The number of pyridine rings is 2. The molecule has 2 aromatic rings. The first kappa shape index (κ1) is 10.5. The second kappa shape index (κ2) is 5.21. The Morgan fingerprint density at radius 3 is 2.69 bits per heavy atom. The molecule has 0 aliphatic carbocycles. The highest BCUT2D eigenvalue weighted by Gasteiger charge is 2.00. The van der Waals surface area contributed by atoms with Crippen molar-refractivity contribution in [2.45, 2.75) is 6.42 Å². The minimum Gasteiger partial charge on any atom is -0.367 e. The smallest absolute Gasteiger partial charge is 0.165 e. The van der Waals surface area contributed by atoms with Crippen molar-refractivity contribution in [3.05, 3.63) is 54.2 Å². The van der Waals surface area contributed by atoms with Crippen LogP contribution in [0.4, 0.5) is 10.2 Å². The lowest BCUT2D eigenvalue weighted by Gasteiger charge is -2.05. The number of aromatic nitrogens is 2. The van der Waals surface area contributed by atoms with E-state index in [1.54, 1.807) is 24.7 Å². The molecule has 0 atom stereocenters. The summed E-state index contributed by atoms with van der Waals surface area (Å²) in [7, 11) is 0. The van der Waals surface area contributed by atoms with E-state index in [0.29, 0.717) is 12.4 Å². The SMILES string of the molecule is Fc1cccnc1NCCc1ccncc1. The second-order valence-corrected chi connectivity index (χ2v) is 3.37. The zero-order valence-corrected chi connectivity index (χ0v) is 8.73. The Balaban J connectivity index is 1.87. The zero-order chi connectivity index (χ0) is 11.2. The molecule has 3 nitrogen and oxygen atoms in total. The van der Waals surface area contributed by atoms with E-state index >= 15 is 0 Å². The van der Waals surface area contributed by atoms with E-state index in [-0.39, 0.29) is 5.82 Å². The summed E-state index contributed by atoms with van der Waals surface area (Å²) in [6, 6.07) is 6.85. The highest BCUT2D eigenvalue weighted by Crippen LogP contribution is 2.08. The fourth-order valence-electron chi connectivity index (χ4n) is 1.39. The maximum absolute atomic E-state index is 13.2. The molecule has 0 aliphatic rings. The molecule has 0 saturated heterocycles. The van der Waals surface area contributed by atoms with Gasteiger partial charge in [-0.25, -0.2) is 9.37 Å². The lowest BCUT2D eigenvalue weighted by atomic mass is 10.2. The number of nitrogens with zero attached hydrogens (tertiary/aromatic N) is 2. The van der Waals surface area contributed by atoms with Gasteiger partial charge in [-0.1, -0.05) is 0 Å². The normalized spacial score (nSPS) is 10.1. The number of hydrogen-bond donors (Lipinski definition) is 1. The molecule has 0 radical (unpaired) electrons. The molecule has 16 heavy (non-hydrogen) atoms. The molecule has 0 unspecified atom stereocenters. The largest absolute Gasteiger partial charge is 0.367 e. The van der Waals surface area contributed by atoms with Crippen molar-refractivity contribution < 1.29 is 4.39 Å². The summed E-state index contributed by atoms with van der Waals surface area (Å²) in [6.45, 7) is 0.651. The van der Waals surface area contributed by atoms with Gasteiger partial charge in [0, 0.05) is 25.1 Å². The first-order valence-corrected chi connectivity index (χ1v) is 5.09. The molecule has 0 bridgehead atoms. The molecule has 0 fully saturated rings. The summed E-state index contributed by atoms with van der Waals surface area (Å²) in [5.74, 6) is -0.0196. The maximum atomic E-state index is 13.2. The van der Waals surface area contributed by atoms with Crippen LogP contribution in [0, 0.1) is 5.82 Å². The quantitative estimate of drug-likeness (QED) is 0.853. The molecule has 0 aromatic carbocycles. The van der Waals surface area contributed by atoms with Gasteiger partial charge in [0.05, 0.1) is 0 Å². The maximum Gasteiger partial charge on any atom is 0.165 e. The molecule has 2 heterocycles. The number of halogens is 1. The van der Waals surface area contributed by atoms with Crippen LogP contribution in [0.1, 0.15) is 5.56 Å². The molecule has 0 amide bonds. The fraction of sp³-hybridized carbons (Fsp3) is 0.167. The second-order valence-electron chi connectivity index (χ2n) is 3.37. The van der Waals surface area contributed by atoms with Crippen molar-refractivity contribution in [2.75, 3.05) is 11.9 Å². The van der Waals surface area contributed by atoms with Crippen LogP contribution >= 0.6 is 0 Å². The van der Waals surface area contributed by atoms with Crippen LogP contribution < -0.4 is 5.32 Å². The van der Waals surface area contributed by atoms with Crippen molar-refractivity contribution >= 4 is 5.82 Å². The van der Waals surface area contributed by atoms with Gasteiger partial charge in [0.15, 0.2) is 11.6 Å². The van der Waals surface area contributed by atoms with Gasteiger partial charge in [-0.05, 0) is 36.2 Å². The van der Waals surface area contributed by atoms with Crippen molar-refractivity contribution in [2.24, 2.45) is 0 Å². The van der Waals surface area contributed by atoms with Crippen molar-refractivity contribution in [1.29, 1.82) is 0 Å². The molecule has 2 aromatic heterocycles. The third-order valence-corrected chi connectivity index (χ3v) is 2.21. The van der Waals surface area contributed by atoms with Crippen molar-refractivity contribution in [1.82, 2.24) is 9.97 Å². The molecular formula is C12H12FN3. The van der Waals surface area contributed by atoms with Crippen LogP contribution in [0.2, 0.25) is 0 Å². The Kier molecular flexibility index (Phi) is 3.43. The van der Waals surface area contributed by atoms with Gasteiger partial charge < -0.3 is 5.32 Å². The van der Waals surface area contributed by atoms with Gasteiger partial charge in [0.2, 0.25) is 0 Å². The summed E-state index contributed by atoms with van der Waals surface area (Å²) in [4.78, 5) is 7.84. The molecule has 0 aliphatic heterocycles. The van der Waals surface area contributed by atoms with Gasteiger partial charge in [0.25, 0.3) is 0 Å². The molecule has 0 saturated carbocycles. The van der Waals surface area contributed by atoms with E-state index in [4.69, 9.17) is 0 Å². The highest BCUT2D eigenvalue weighted by molar-refractivity contribution is 5.35. The Morgan fingerprint density at radius 2 is 1.94 bits per heavy atom. The van der Waals surface area contributed by atoms with Crippen LogP contribution in [0.3, 0.4) is 0 Å².